The van der Waals surface area contributed by atoms with Crippen LogP contribution in [0.4, 0.5) is 0 Å². The number of hydrogen-bond acceptors (Lipinski definition) is 2. The van der Waals surface area contributed by atoms with Crippen LogP contribution in [0.25, 0.3) is 10.9 Å². The second-order valence-corrected chi connectivity index (χ2v) is 4.14. The van der Waals surface area contributed by atoms with E-state index in [0.29, 0.717) is 17.6 Å². The molecule has 0 saturated carbocycles. The Hall–Kier alpha value is -1.97. The van der Waals surface area contributed by atoms with E-state index < -0.39 is 0 Å². The zero-order valence-corrected chi connectivity index (χ0v) is 8.92. The fraction of sp³-hybridized carbons (Fsp3) is 0.250. The van der Waals surface area contributed by atoms with Crippen LogP contribution in [0.2, 0.25) is 0 Å². The minimum absolute atomic E-state index is 0.0544. The lowest BCUT2D eigenvalue weighted by atomic mass is 10.0. The fourth-order valence-electron chi connectivity index (χ4n) is 2.34. The van der Waals surface area contributed by atoms with Crippen LogP contribution in [-0.4, -0.2) is 22.5 Å². The normalized spacial score (nSPS) is 14.9. The van der Waals surface area contributed by atoms with Crippen molar-refractivity contribution < 1.29 is 9.90 Å². The van der Waals surface area contributed by atoms with Crippen molar-refractivity contribution in [1.29, 1.82) is 0 Å². The maximum atomic E-state index is 11.8. The Kier molecular flexibility index (Phi) is 1.74. The molecule has 1 amide bonds. The maximum absolute atomic E-state index is 11.8. The van der Waals surface area contributed by atoms with Gasteiger partial charge in [-0.2, -0.15) is 0 Å². The van der Waals surface area contributed by atoms with Gasteiger partial charge in [0, 0.05) is 24.0 Å². The zero-order valence-electron chi connectivity index (χ0n) is 8.92. The van der Waals surface area contributed by atoms with Gasteiger partial charge in [0.15, 0.2) is 0 Å². The number of phenols is 1. The minimum atomic E-state index is -0.0544. The summed E-state index contributed by atoms with van der Waals surface area (Å²) in [6.07, 6.45) is 0.786. The number of amides is 1. The van der Waals surface area contributed by atoms with Crippen LogP contribution >= 0.6 is 0 Å². The van der Waals surface area contributed by atoms with Crippen molar-refractivity contribution in [3.8, 4) is 5.75 Å². The van der Waals surface area contributed by atoms with E-state index in [2.05, 4.69) is 10.3 Å². The average Bonchev–Trinajstić information content (AvgIpc) is 2.65. The van der Waals surface area contributed by atoms with Gasteiger partial charge >= 0.3 is 0 Å². The predicted octanol–water partition coefficient (Wildman–Crippen LogP) is 1.47. The fourth-order valence-corrected chi connectivity index (χ4v) is 2.34. The first-order valence-corrected chi connectivity index (χ1v) is 5.30. The minimum Gasteiger partial charge on any atom is -0.506 e. The van der Waals surface area contributed by atoms with Crippen molar-refractivity contribution in [2.45, 2.75) is 13.3 Å². The van der Waals surface area contributed by atoms with Gasteiger partial charge in [-0.15, -0.1) is 0 Å². The first kappa shape index (κ1) is 9.27. The Morgan fingerprint density at radius 3 is 3.00 bits per heavy atom. The monoisotopic (exact) mass is 216 g/mol. The number of aryl methyl sites for hydroxylation is 1. The van der Waals surface area contributed by atoms with Crippen molar-refractivity contribution in [3.63, 3.8) is 0 Å². The summed E-state index contributed by atoms with van der Waals surface area (Å²) in [6, 6.07) is 3.48. The molecule has 0 saturated heterocycles. The molecule has 1 aliphatic heterocycles. The molecule has 1 aromatic heterocycles. The van der Waals surface area contributed by atoms with E-state index in [1.807, 2.05) is 13.0 Å². The largest absolute Gasteiger partial charge is 0.506 e. The maximum Gasteiger partial charge on any atom is 0.253 e. The van der Waals surface area contributed by atoms with Gasteiger partial charge in [0.1, 0.15) is 5.75 Å². The predicted molar refractivity (Wildman–Crippen MR) is 60.7 cm³/mol. The highest BCUT2D eigenvalue weighted by atomic mass is 16.3. The standard InChI is InChI=1S/C12H12N2O2/c1-6-2-3-8(15)11-9(6)10-7(14-11)4-5-13-12(10)16/h2-3,14-15H,4-5H2,1H3,(H,13,16). The Balaban J connectivity index is 2.46. The third kappa shape index (κ3) is 1.07. The molecule has 4 heteroatoms. The first-order valence-electron chi connectivity index (χ1n) is 5.30. The van der Waals surface area contributed by atoms with Gasteiger partial charge in [0.25, 0.3) is 5.91 Å². The van der Waals surface area contributed by atoms with Crippen molar-refractivity contribution in [2.75, 3.05) is 6.54 Å². The second-order valence-electron chi connectivity index (χ2n) is 4.14. The molecule has 0 fully saturated rings. The highest BCUT2D eigenvalue weighted by molar-refractivity contribution is 6.11. The number of phenolic OH excluding ortho intramolecular Hbond substituents is 1. The van der Waals surface area contributed by atoms with Gasteiger partial charge in [0.05, 0.1) is 11.1 Å². The highest BCUT2D eigenvalue weighted by Gasteiger charge is 2.24. The van der Waals surface area contributed by atoms with Gasteiger partial charge in [-0.25, -0.2) is 0 Å². The zero-order chi connectivity index (χ0) is 11.3. The number of rotatable bonds is 0. The average molecular weight is 216 g/mol. The van der Waals surface area contributed by atoms with E-state index in [9.17, 15) is 9.90 Å². The molecule has 1 aromatic carbocycles. The molecular weight excluding hydrogens is 204 g/mol. The molecule has 0 radical (unpaired) electrons. The Morgan fingerprint density at radius 2 is 2.19 bits per heavy atom. The first-order chi connectivity index (χ1) is 7.68. The lowest BCUT2D eigenvalue weighted by Gasteiger charge is -2.12. The molecule has 82 valence electrons. The SMILES string of the molecule is Cc1ccc(O)c2[nH]c3c(c12)C(=O)NCC3. The summed E-state index contributed by atoms with van der Waals surface area (Å²) in [5.41, 5.74) is 3.28. The summed E-state index contributed by atoms with van der Waals surface area (Å²) in [6.45, 7) is 2.59. The molecule has 0 aliphatic carbocycles. The van der Waals surface area contributed by atoms with Crippen molar-refractivity contribution in [3.05, 3.63) is 29.0 Å². The van der Waals surface area contributed by atoms with E-state index in [-0.39, 0.29) is 11.7 Å². The van der Waals surface area contributed by atoms with E-state index in [1.165, 1.54) is 0 Å². The molecule has 1 aliphatic rings. The lowest BCUT2D eigenvalue weighted by Crippen LogP contribution is -2.31. The van der Waals surface area contributed by atoms with E-state index >= 15 is 0 Å². The number of nitrogens with one attached hydrogen (secondary N) is 2. The molecule has 0 unspecified atom stereocenters. The summed E-state index contributed by atoms with van der Waals surface area (Å²) in [7, 11) is 0. The quantitative estimate of drug-likeness (QED) is 0.624. The number of carbonyl (C=O) groups is 1. The summed E-state index contributed by atoms with van der Waals surface area (Å²) in [5.74, 6) is 0.143. The van der Waals surface area contributed by atoms with Gasteiger partial charge in [-0.3, -0.25) is 4.79 Å². The van der Waals surface area contributed by atoms with Crippen LogP contribution in [0.1, 0.15) is 21.6 Å². The molecule has 0 bridgehead atoms. The van der Waals surface area contributed by atoms with E-state index in [4.69, 9.17) is 0 Å². The van der Waals surface area contributed by atoms with Crippen LogP contribution in [0.5, 0.6) is 5.75 Å². The van der Waals surface area contributed by atoms with Gasteiger partial charge < -0.3 is 15.4 Å². The molecule has 2 aromatic rings. The second kappa shape index (κ2) is 3.01. The van der Waals surface area contributed by atoms with Crippen LogP contribution in [0, 0.1) is 6.92 Å². The molecule has 2 heterocycles. The molecular formula is C12H12N2O2. The Morgan fingerprint density at radius 1 is 1.38 bits per heavy atom. The van der Waals surface area contributed by atoms with Gasteiger partial charge in [0.2, 0.25) is 0 Å². The number of benzene rings is 1. The number of H-pyrrole nitrogens is 1. The highest BCUT2D eigenvalue weighted by Crippen LogP contribution is 2.32. The van der Waals surface area contributed by atoms with E-state index in [1.54, 1.807) is 6.07 Å². The molecule has 3 N–H and O–H groups in total. The number of aromatic nitrogens is 1. The summed E-state index contributed by atoms with van der Waals surface area (Å²) < 4.78 is 0. The van der Waals surface area contributed by atoms with Crippen LogP contribution in [0.15, 0.2) is 12.1 Å². The lowest BCUT2D eigenvalue weighted by molar-refractivity contribution is 0.0947. The molecule has 4 nitrogen and oxygen atoms in total. The molecule has 0 atom stereocenters. The molecule has 3 rings (SSSR count). The van der Waals surface area contributed by atoms with Crippen LogP contribution in [-0.2, 0) is 6.42 Å². The van der Waals surface area contributed by atoms with Crippen LogP contribution < -0.4 is 5.32 Å². The van der Waals surface area contributed by atoms with Gasteiger partial charge in [-0.05, 0) is 18.6 Å². The number of hydrogen-bond donors (Lipinski definition) is 3. The smallest absolute Gasteiger partial charge is 0.253 e. The summed E-state index contributed by atoms with van der Waals surface area (Å²) in [4.78, 5) is 15.0. The molecule has 16 heavy (non-hydrogen) atoms. The number of fused-ring (bicyclic) bond motifs is 3. The third-order valence-corrected chi connectivity index (χ3v) is 3.11. The van der Waals surface area contributed by atoms with Crippen LogP contribution in [0.3, 0.4) is 0 Å². The van der Waals surface area contributed by atoms with Crippen molar-refractivity contribution in [2.24, 2.45) is 0 Å². The topological polar surface area (TPSA) is 65.1 Å². The Bertz CT molecular complexity index is 599. The van der Waals surface area contributed by atoms with Gasteiger partial charge in [-0.1, -0.05) is 6.07 Å². The molecule has 0 spiro atoms. The number of aromatic hydroxyl groups is 1. The summed E-state index contributed by atoms with van der Waals surface area (Å²) >= 11 is 0. The van der Waals surface area contributed by atoms with Crippen molar-refractivity contribution in [1.82, 2.24) is 10.3 Å². The number of carbonyl (C=O) groups excluding carboxylic acids is 1. The van der Waals surface area contributed by atoms with Crippen molar-refractivity contribution >= 4 is 16.8 Å². The Labute approximate surface area is 92.3 Å². The van der Waals surface area contributed by atoms with E-state index in [0.717, 1.165) is 23.1 Å². The third-order valence-electron chi connectivity index (χ3n) is 3.11. The number of aromatic amines is 1. The summed E-state index contributed by atoms with van der Waals surface area (Å²) in [5, 5.41) is 13.4.